The van der Waals surface area contributed by atoms with E-state index in [1.54, 1.807) is 6.33 Å². The van der Waals surface area contributed by atoms with Crippen LogP contribution in [0.5, 0.6) is 0 Å². The van der Waals surface area contributed by atoms with E-state index in [4.69, 9.17) is 4.74 Å². The fraction of sp³-hybridized carbons (Fsp3) is 0.500. The summed E-state index contributed by atoms with van der Waals surface area (Å²) < 4.78 is 5.47. The number of rotatable bonds is 5. The van der Waals surface area contributed by atoms with Crippen LogP contribution in [0.25, 0.3) is 0 Å². The van der Waals surface area contributed by atoms with Crippen LogP contribution in [0.2, 0.25) is 0 Å². The van der Waals surface area contributed by atoms with Gasteiger partial charge >= 0.3 is 0 Å². The Bertz CT molecular complexity index is 829. The highest BCUT2D eigenvalue weighted by Crippen LogP contribution is 2.30. The average molecular weight is 396 g/mol. The van der Waals surface area contributed by atoms with Gasteiger partial charge in [0.05, 0.1) is 25.1 Å². The molecule has 2 aliphatic rings. The molecule has 0 aliphatic carbocycles. The van der Waals surface area contributed by atoms with Gasteiger partial charge in [0.1, 0.15) is 6.33 Å². The summed E-state index contributed by atoms with van der Waals surface area (Å²) >= 11 is 0. The highest BCUT2D eigenvalue weighted by molar-refractivity contribution is 5.79. The van der Waals surface area contributed by atoms with Gasteiger partial charge in [-0.05, 0) is 30.9 Å². The van der Waals surface area contributed by atoms with E-state index in [0.29, 0.717) is 6.54 Å². The van der Waals surface area contributed by atoms with Crippen molar-refractivity contribution in [3.05, 3.63) is 47.9 Å². The number of ether oxygens (including phenoxy) is 1. The van der Waals surface area contributed by atoms with Crippen LogP contribution in [-0.4, -0.2) is 55.3 Å². The fourth-order valence-electron chi connectivity index (χ4n) is 4.08. The number of benzene rings is 1. The molecule has 0 spiro atoms. The monoisotopic (exact) mass is 395 g/mol. The topological polar surface area (TPSA) is 70.6 Å². The van der Waals surface area contributed by atoms with E-state index in [0.717, 1.165) is 63.7 Å². The first-order valence-electron chi connectivity index (χ1n) is 10.4. The smallest absolute Gasteiger partial charge is 0.223 e. The minimum Gasteiger partial charge on any atom is -0.378 e. The average Bonchev–Trinajstić information content (AvgIpc) is 2.79. The second-order valence-electron chi connectivity index (χ2n) is 7.74. The Morgan fingerprint density at radius 1 is 1.14 bits per heavy atom. The minimum absolute atomic E-state index is 0.0618. The zero-order valence-electron chi connectivity index (χ0n) is 17.0. The lowest BCUT2D eigenvalue weighted by atomic mass is 9.95. The number of aryl methyl sites for hydroxylation is 1. The van der Waals surface area contributed by atoms with Gasteiger partial charge in [0.2, 0.25) is 5.91 Å². The number of nitrogens with zero attached hydrogens (tertiary/aromatic N) is 4. The van der Waals surface area contributed by atoms with Crippen molar-refractivity contribution in [2.24, 2.45) is 5.92 Å². The molecule has 154 valence electrons. The maximum absolute atomic E-state index is 12.7. The minimum atomic E-state index is 0.0618. The molecule has 1 N–H and O–H groups in total. The maximum atomic E-state index is 12.7. The van der Waals surface area contributed by atoms with E-state index in [9.17, 15) is 4.79 Å². The van der Waals surface area contributed by atoms with E-state index in [1.165, 1.54) is 11.1 Å². The number of amides is 1. The molecule has 2 aromatic rings. The van der Waals surface area contributed by atoms with Gasteiger partial charge < -0.3 is 19.9 Å². The molecule has 29 heavy (non-hydrogen) atoms. The zero-order valence-corrected chi connectivity index (χ0v) is 17.0. The van der Waals surface area contributed by atoms with Crippen LogP contribution in [0.4, 0.5) is 11.5 Å². The Balaban J connectivity index is 1.34. The number of nitrogens with one attached hydrogen (secondary N) is 1. The normalized spacial score (nSPS) is 18.0. The third kappa shape index (κ3) is 4.67. The second-order valence-corrected chi connectivity index (χ2v) is 7.74. The van der Waals surface area contributed by atoms with E-state index >= 15 is 0 Å². The number of piperidine rings is 1. The number of hydrogen-bond acceptors (Lipinski definition) is 6. The Labute approximate surface area is 172 Å². The Morgan fingerprint density at radius 2 is 1.90 bits per heavy atom. The first-order valence-corrected chi connectivity index (χ1v) is 10.4. The van der Waals surface area contributed by atoms with E-state index in [2.05, 4.69) is 44.1 Å². The quantitative estimate of drug-likeness (QED) is 0.837. The number of carbonyl (C=O) groups excluding carboxylic acids is 1. The van der Waals surface area contributed by atoms with Crippen molar-refractivity contribution in [2.75, 3.05) is 49.2 Å². The predicted molar refractivity (Wildman–Crippen MR) is 113 cm³/mol. The first-order chi connectivity index (χ1) is 14.2. The fourth-order valence-corrected chi connectivity index (χ4v) is 4.08. The van der Waals surface area contributed by atoms with Crippen LogP contribution in [0.3, 0.4) is 0 Å². The summed E-state index contributed by atoms with van der Waals surface area (Å²) in [5, 5.41) is 3.12. The molecule has 0 unspecified atom stereocenters. The molecule has 1 amide bonds. The Hall–Kier alpha value is -2.67. The van der Waals surface area contributed by atoms with Gasteiger partial charge in [0, 0.05) is 38.6 Å². The number of carbonyl (C=O) groups is 1. The number of anilines is 2. The lowest BCUT2D eigenvalue weighted by Gasteiger charge is -2.36. The largest absolute Gasteiger partial charge is 0.378 e. The predicted octanol–water partition coefficient (Wildman–Crippen LogP) is 2.15. The Morgan fingerprint density at radius 3 is 2.66 bits per heavy atom. The van der Waals surface area contributed by atoms with Crippen LogP contribution in [-0.2, 0) is 16.1 Å². The van der Waals surface area contributed by atoms with Gasteiger partial charge in [0.15, 0.2) is 5.82 Å². The van der Waals surface area contributed by atoms with Crippen molar-refractivity contribution in [3.8, 4) is 0 Å². The molecule has 1 aromatic heterocycles. The molecular formula is C22H29N5O2. The van der Waals surface area contributed by atoms with Crippen molar-refractivity contribution in [2.45, 2.75) is 26.3 Å². The van der Waals surface area contributed by atoms with Crippen LogP contribution in [0, 0.1) is 12.8 Å². The van der Waals surface area contributed by atoms with Crippen molar-refractivity contribution in [1.82, 2.24) is 15.3 Å². The van der Waals surface area contributed by atoms with Crippen LogP contribution in [0.1, 0.15) is 24.0 Å². The maximum Gasteiger partial charge on any atom is 0.223 e. The molecule has 0 atom stereocenters. The highest BCUT2D eigenvalue weighted by Gasteiger charge is 2.27. The number of hydrogen-bond donors (Lipinski definition) is 1. The molecular weight excluding hydrogens is 366 g/mol. The molecule has 2 fully saturated rings. The van der Waals surface area contributed by atoms with Crippen molar-refractivity contribution in [1.29, 1.82) is 0 Å². The molecule has 0 radical (unpaired) electrons. The number of morpholine rings is 1. The van der Waals surface area contributed by atoms with Crippen LogP contribution in [0.15, 0.2) is 36.8 Å². The molecule has 1 aromatic carbocycles. The molecule has 7 heteroatoms. The SMILES string of the molecule is Cc1ccccc1CNC(=O)C1CCN(c2cncnc2N2CCOCC2)CC1. The lowest BCUT2D eigenvalue weighted by molar-refractivity contribution is -0.125. The molecule has 4 rings (SSSR count). The molecule has 0 saturated carbocycles. The first kappa shape index (κ1) is 19.6. The summed E-state index contributed by atoms with van der Waals surface area (Å²) in [5.41, 5.74) is 3.45. The van der Waals surface area contributed by atoms with Crippen molar-refractivity contribution in [3.63, 3.8) is 0 Å². The van der Waals surface area contributed by atoms with E-state index < -0.39 is 0 Å². The number of aromatic nitrogens is 2. The van der Waals surface area contributed by atoms with Crippen LogP contribution >= 0.6 is 0 Å². The van der Waals surface area contributed by atoms with Gasteiger partial charge in [-0.15, -0.1) is 0 Å². The third-order valence-corrected chi connectivity index (χ3v) is 5.90. The van der Waals surface area contributed by atoms with Gasteiger partial charge in [-0.3, -0.25) is 4.79 Å². The summed E-state index contributed by atoms with van der Waals surface area (Å²) in [6.07, 6.45) is 5.20. The van der Waals surface area contributed by atoms with Gasteiger partial charge in [-0.1, -0.05) is 24.3 Å². The van der Waals surface area contributed by atoms with Gasteiger partial charge in [-0.2, -0.15) is 0 Å². The standard InChI is InChI=1S/C22H29N5O2/c1-17-4-2-3-5-19(17)14-24-22(28)18-6-8-26(9-7-18)20-15-23-16-25-21(20)27-10-12-29-13-11-27/h2-5,15-16,18H,6-14H2,1H3,(H,24,28). The van der Waals surface area contributed by atoms with Crippen molar-refractivity contribution >= 4 is 17.4 Å². The summed E-state index contributed by atoms with van der Waals surface area (Å²) in [5.74, 6) is 1.20. The summed E-state index contributed by atoms with van der Waals surface area (Å²) in [7, 11) is 0. The summed E-state index contributed by atoms with van der Waals surface area (Å²) in [4.78, 5) is 26.0. The van der Waals surface area contributed by atoms with E-state index in [1.807, 2.05) is 18.3 Å². The highest BCUT2D eigenvalue weighted by atomic mass is 16.5. The second kappa shape index (κ2) is 9.22. The molecule has 0 bridgehead atoms. The third-order valence-electron chi connectivity index (χ3n) is 5.90. The zero-order chi connectivity index (χ0) is 20.1. The van der Waals surface area contributed by atoms with Gasteiger partial charge in [0.25, 0.3) is 0 Å². The lowest BCUT2D eigenvalue weighted by Crippen LogP contribution is -2.42. The molecule has 2 saturated heterocycles. The van der Waals surface area contributed by atoms with Crippen LogP contribution < -0.4 is 15.1 Å². The Kier molecular flexibility index (Phi) is 6.24. The molecule has 2 aliphatic heterocycles. The van der Waals surface area contributed by atoms with Crippen molar-refractivity contribution < 1.29 is 9.53 Å². The van der Waals surface area contributed by atoms with Gasteiger partial charge in [-0.25, -0.2) is 9.97 Å². The summed E-state index contributed by atoms with van der Waals surface area (Å²) in [6, 6.07) is 8.19. The summed E-state index contributed by atoms with van der Waals surface area (Å²) in [6.45, 7) is 7.51. The molecule has 7 nitrogen and oxygen atoms in total. The molecule has 3 heterocycles. The van der Waals surface area contributed by atoms with E-state index in [-0.39, 0.29) is 11.8 Å².